The summed E-state index contributed by atoms with van der Waals surface area (Å²) in [5.74, 6) is -0.262. The number of carbonyl (C=O) groups is 2. The predicted molar refractivity (Wildman–Crippen MR) is 106 cm³/mol. The number of nitrogens with zero attached hydrogens (tertiary/aromatic N) is 4. The van der Waals surface area contributed by atoms with Crippen LogP contribution in [0, 0.1) is 6.92 Å². The van der Waals surface area contributed by atoms with Gasteiger partial charge in [-0.3, -0.25) is 4.79 Å². The summed E-state index contributed by atoms with van der Waals surface area (Å²) in [5, 5.41) is 3.06. The monoisotopic (exact) mass is 383 g/mol. The molecule has 0 aliphatic carbocycles. The van der Waals surface area contributed by atoms with Gasteiger partial charge in [0, 0.05) is 31.9 Å². The molecule has 0 radical (unpaired) electrons. The molecule has 8 heteroatoms. The molecular formula is C20H25N5O3. The maximum atomic E-state index is 12.8. The molecular weight excluding hydrogens is 358 g/mol. The first kappa shape index (κ1) is 19.8. The zero-order valence-electron chi connectivity index (χ0n) is 16.4. The Morgan fingerprint density at radius 1 is 1.14 bits per heavy atom. The van der Waals surface area contributed by atoms with Gasteiger partial charge in [-0.2, -0.15) is 0 Å². The number of nitrogens with one attached hydrogen (secondary N) is 1. The van der Waals surface area contributed by atoms with Gasteiger partial charge in [0.05, 0.1) is 17.9 Å². The van der Waals surface area contributed by atoms with Crippen molar-refractivity contribution in [3.8, 4) is 0 Å². The Kier molecular flexibility index (Phi) is 6.20. The third kappa shape index (κ3) is 4.64. The van der Waals surface area contributed by atoms with Gasteiger partial charge in [0.25, 0.3) is 5.91 Å². The van der Waals surface area contributed by atoms with Crippen LogP contribution in [0.15, 0.2) is 30.3 Å². The summed E-state index contributed by atoms with van der Waals surface area (Å²) in [6.45, 7) is 6.89. The molecule has 28 heavy (non-hydrogen) atoms. The molecule has 2 aromatic rings. The molecule has 148 valence electrons. The van der Waals surface area contributed by atoms with E-state index in [-0.39, 0.29) is 18.5 Å². The number of aromatic nitrogens is 2. The molecule has 0 bridgehead atoms. The topological polar surface area (TPSA) is 87.7 Å². The zero-order chi connectivity index (χ0) is 20.1. The van der Waals surface area contributed by atoms with Gasteiger partial charge in [-0.15, -0.1) is 0 Å². The summed E-state index contributed by atoms with van der Waals surface area (Å²) in [5.41, 5.74) is 1.93. The van der Waals surface area contributed by atoms with Crippen LogP contribution in [0.5, 0.6) is 0 Å². The van der Waals surface area contributed by atoms with Crippen molar-refractivity contribution < 1.29 is 14.3 Å². The van der Waals surface area contributed by atoms with E-state index in [1.807, 2.05) is 14.0 Å². The van der Waals surface area contributed by atoms with Crippen molar-refractivity contribution in [2.75, 3.05) is 45.2 Å². The molecule has 0 atom stereocenters. The number of benzene rings is 1. The molecule has 0 unspecified atom stereocenters. The largest absolute Gasteiger partial charge is 0.462 e. The number of hydrogen-bond acceptors (Lipinski definition) is 7. The van der Waals surface area contributed by atoms with E-state index in [0.717, 1.165) is 13.1 Å². The lowest BCUT2D eigenvalue weighted by atomic mass is 10.2. The second kappa shape index (κ2) is 8.79. The molecule has 2 heterocycles. The number of para-hydroxylation sites is 1. The Hall–Kier alpha value is -3.00. The summed E-state index contributed by atoms with van der Waals surface area (Å²) in [4.78, 5) is 37.7. The number of anilines is 2. The SMILES string of the molecule is CCOC(=O)c1ccccc1Nc1nc(C)cc(C(=O)N2CCN(C)CC2)n1. The minimum atomic E-state index is -0.424. The highest BCUT2D eigenvalue weighted by molar-refractivity contribution is 5.96. The molecule has 1 amide bonds. The highest BCUT2D eigenvalue weighted by Gasteiger charge is 2.22. The minimum Gasteiger partial charge on any atom is -0.462 e. The zero-order valence-corrected chi connectivity index (χ0v) is 16.4. The predicted octanol–water partition coefficient (Wildman–Crippen LogP) is 2.09. The van der Waals surface area contributed by atoms with Gasteiger partial charge in [0.2, 0.25) is 5.95 Å². The van der Waals surface area contributed by atoms with E-state index in [1.165, 1.54) is 0 Å². The first-order valence-corrected chi connectivity index (χ1v) is 9.34. The van der Waals surface area contributed by atoms with Crippen molar-refractivity contribution in [3.05, 3.63) is 47.3 Å². The van der Waals surface area contributed by atoms with E-state index >= 15 is 0 Å². The number of ether oxygens (including phenoxy) is 1. The fraction of sp³-hybridized carbons (Fsp3) is 0.400. The van der Waals surface area contributed by atoms with E-state index in [1.54, 1.807) is 42.2 Å². The summed E-state index contributed by atoms with van der Waals surface area (Å²) in [6.07, 6.45) is 0. The third-order valence-corrected chi connectivity index (χ3v) is 4.53. The third-order valence-electron chi connectivity index (χ3n) is 4.53. The van der Waals surface area contributed by atoms with E-state index in [4.69, 9.17) is 4.74 Å². The first-order chi connectivity index (χ1) is 13.5. The van der Waals surface area contributed by atoms with Crippen LogP contribution in [-0.4, -0.2) is 71.5 Å². The molecule has 1 fully saturated rings. The molecule has 0 saturated carbocycles. The fourth-order valence-corrected chi connectivity index (χ4v) is 3.00. The van der Waals surface area contributed by atoms with E-state index in [9.17, 15) is 9.59 Å². The summed E-state index contributed by atoms with van der Waals surface area (Å²) >= 11 is 0. The summed E-state index contributed by atoms with van der Waals surface area (Å²) in [6, 6.07) is 8.67. The van der Waals surface area contributed by atoms with Crippen molar-refractivity contribution >= 4 is 23.5 Å². The number of hydrogen-bond donors (Lipinski definition) is 1. The van der Waals surface area contributed by atoms with Gasteiger partial charge in [0.1, 0.15) is 5.69 Å². The first-order valence-electron chi connectivity index (χ1n) is 9.34. The summed E-state index contributed by atoms with van der Waals surface area (Å²) in [7, 11) is 2.04. The number of aryl methyl sites for hydroxylation is 1. The fourth-order valence-electron chi connectivity index (χ4n) is 3.00. The average molecular weight is 383 g/mol. The molecule has 1 N–H and O–H groups in total. The van der Waals surface area contributed by atoms with Gasteiger partial charge in [-0.05, 0) is 39.1 Å². The number of carbonyl (C=O) groups excluding carboxylic acids is 2. The van der Waals surface area contributed by atoms with Crippen molar-refractivity contribution in [1.29, 1.82) is 0 Å². The molecule has 1 aromatic heterocycles. The Morgan fingerprint density at radius 2 is 1.86 bits per heavy atom. The highest BCUT2D eigenvalue weighted by Crippen LogP contribution is 2.20. The quantitative estimate of drug-likeness (QED) is 0.791. The van der Waals surface area contributed by atoms with E-state index in [2.05, 4.69) is 20.2 Å². The second-order valence-electron chi connectivity index (χ2n) is 6.70. The molecule has 1 saturated heterocycles. The molecule has 1 aromatic carbocycles. The normalized spacial score (nSPS) is 14.6. The molecule has 1 aliphatic rings. The van der Waals surface area contributed by atoms with Crippen molar-refractivity contribution in [2.24, 2.45) is 0 Å². The van der Waals surface area contributed by atoms with E-state index in [0.29, 0.717) is 35.7 Å². The van der Waals surface area contributed by atoms with Crippen LogP contribution in [0.4, 0.5) is 11.6 Å². The van der Waals surface area contributed by atoms with Crippen LogP contribution in [0.3, 0.4) is 0 Å². The standard InChI is InChI=1S/C20H25N5O3/c1-4-28-19(27)15-7-5-6-8-16(15)22-20-21-14(2)13-17(23-20)18(26)25-11-9-24(3)10-12-25/h5-8,13H,4,9-12H2,1-3H3,(H,21,22,23). The van der Waals surface area contributed by atoms with Gasteiger partial charge in [-0.25, -0.2) is 14.8 Å². The smallest absolute Gasteiger partial charge is 0.340 e. The lowest BCUT2D eigenvalue weighted by molar-refractivity contribution is 0.0527. The maximum Gasteiger partial charge on any atom is 0.340 e. The minimum absolute atomic E-state index is 0.111. The van der Waals surface area contributed by atoms with Crippen molar-refractivity contribution in [2.45, 2.75) is 13.8 Å². The van der Waals surface area contributed by atoms with Crippen LogP contribution in [0.2, 0.25) is 0 Å². The number of rotatable bonds is 5. The van der Waals surface area contributed by atoms with Crippen LogP contribution in [0.1, 0.15) is 33.5 Å². The Morgan fingerprint density at radius 3 is 2.57 bits per heavy atom. The van der Waals surface area contributed by atoms with Gasteiger partial charge >= 0.3 is 5.97 Å². The van der Waals surface area contributed by atoms with Gasteiger partial charge < -0.3 is 19.9 Å². The van der Waals surface area contributed by atoms with Gasteiger partial charge in [0.15, 0.2) is 0 Å². The van der Waals surface area contributed by atoms with Crippen molar-refractivity contribution in [3.63, 3.8) is 0 Å². The molecule has 1 aliphatic heterocycles. The van der Waals surface area contributed by atoms with Crippen LogP contribution >= 0.6 is 0 Å². The lowest BCUT2D eigenvalue weighted by Gasteiger charge is -2.32. The van der Waals surface area contributed by atoms with Crippen LogP contribution in [0.25, 0.3) is 0 Å². The number of amides is 1. The number of likely N-dealkylation sites (N-methyl/N-ethyl adjacent to an activating group) is 1. The maximum absolute atomic E-state index is 12.8. The van der Waals surface area contributed by atoms with Crippen LogP contribution in [-0.2, 0) is 4.74 Å². The second-order valence-corrected chi connectivity index (χ2v) is 6.70. The van der Waals surface area contributed by atoms with E-state index < -0.39 is 5.97 Å². The summed E-state index contributed by atoms with van der Waals surface area (Å²) < 4.78 is 5.10. The average Bonchev–Trinajstić information content (AvgIpc) is 2.68. The lowest BCUT2D eigenvalue weighted by Crippen LogP contribution is -2.47. The Labute approximate surface area is 164 Å². The molecule has 3 rings (SSSR count). The molecule has 8 nitrogen and oxygen atoms in total. The Bertz CT molecular complexity index is 863. The number of piperazine rings is 1. The van der Waals surface area contributed by atoms with Crippen LogP contribution < -0.4 is 5.32 Å². The molecule has 0 spiro atoms. The van der Waals surface area contributed by atoms with Gasteiger partial charge in [-0.1, -0.05) is 12.1 Å². The Balaban J connectivity index is 1.83. The van der Waals surface area contributed by atoms with Crippen molar-refractivity contribution in [1.82, 2.24) is 19.8 Å². The highest BCUT2D eigenvalue weighted by atomic mass is 16.5. The number of esters is 1.